The van der Waals surface area contributed by atoms with Gasteiger partial charge in [0.15, 0.2) is 9.84 Å². The first-order valence-corrected chi connectivity index (χ1v) is 8.77. The van der Waals surface area contributed by atoms with Crippen molar-refractivity contribution in [1.82, 2.24) is 0 Å². The van der Waals surface area contributed by atoms with E-state index < -0.39 is 9.84 Å². The van der Waals surface area contributed by atoms with Crippen LogP contribution in [0.1, 0.15) is 11.1 Å². The summed E-state index contributed by atoms with van der Waals surface area (Å²) >= 11 is 0. The van der Waals surface area contributed by atoms with E-state index in [1.165, 1.54) is 24.3 Å². The van der Waals surface area contributed by atoms with Crippen LogP contribution in [-0.4, -0.2) is 8.42 Å². The Labute approximate surface area is 134 Å². The van der Waals surface area contributed by atoms with E-state index in [4.69, 9.17) is 0 Å². The molecule has 0 heterocycles. The molecule has 0 spiro atoms. The number of sulfone groups is 1. The van der Waals surface area contributed by atoms with Crippen LogP contribution in [0.5, 0.6) is 0 Å². The first kappa shape index (κ1) is 15.4. The van der Waals surface area contributed by atoms with Gasteiger partial charge in [-0.05, 0) is 28.5 Å². The summed E-state index contributed by atoms with van der Waals surface area (Å²) < 4.78 is 38.2. The van der Waals surface area contributed by atoms with Crippen LogP contribution >= 0.6 is 0 Å². The molecule has 0 aliphatic carbocycles. The molecule has 2 nitrogen and oxygen atoms in total. The molecule has 23 heavy (non-hydrogen) atoms. The minimum Gasteiger partial charge on any atom is -0.223 e. The van der Waals surface area contributed by atoms with Crippen LogP contribution in [0.2, 0.25) is 0 Å². The summed E-state index contributed by atoms with van der Waals surface area (Å²) in [5.41, 5.74) is 1.14. The SMILES string of the molecule is C=C(c1cccc2ccccc12)S(=O)(=O)Cc1ccc(F)cc1. The minimum absolute atomic E-state index is 0.0821. The maximum Gasteiger partial charge on any atom is 0.182 e. The minimum atomic E-state index is -3.59. The van der Waals surface area contributed by atoms with Crippen LogP contribution in [0.25, 0.3) is 15.7 Å². The van der Waals surface area contributed by atoms with Gasteiger partial charge in [-0.2, -0.15) is 0 Å². The second-order valence-corrected chi connectivity index (χ2v) is 7.35. The van der Waals surface area contributed by atoms with Crippen molar-refractivity contribution in [2.45, 2.75) is 5.75 Å². The predicted molar refractivity (Wildman–Crippen MR) is 92.0 cm³/mol. The van der Waals surface area contributed by atoms with Crippen LogP contribution in [0.4, 0.5) is 4.39 Å². The maximum absolute atomic E-state index is 13.0. The number of fused-ring (bicyclic) bond motifs is 1. The monoisotopic (exact) mass is 326 g/mol. The van der Waals surface area contributed by atoms with Crippen molar-refractivity contribution in [3.05, 3.63) is 90.3 Å². The highest BCUT2D eigenvalue weighted by molar-refractivity contribution is 7.99. The Morgan fingerprint density at radius 3 is 2.30 bits per heavy atom. The van der Waals surface area contributed by atoms with Crippen molar-refractivity contribution in [3.63, 3.8) is 0 Å². The van der Waals surface area contributed by atoms with Gasteiger partial charge in [0.05, 0.1) is 10.7 Å². The molecule has 3 aromatic carbocycles. The highest BCUT2D eigenvalue weighted by Crippen LogP contribution is 2.29. The van der Waals surface area contributed by atoms with Gasteiger partial charge in [-0.3, -0.25) is 0 Å². The smallest absolute Gasteiger partial charge is 0.182 e. The predicted octanol–water partition coefficient (Wildman–Crippen LogP) is 4.56. The van der Waals surface area contributed by atoms with Crippen LogP contribution in [0, 0.1) is 5.82 Å². The molecule has 0 aliphatic heterocycles. The fraction of sp³-hybridized carbons (Fsp3) is 0.0526. The Kier molecular flexibility index (Phi) is 4.01. The molecule has 4 heteroatoms. The van der Waals surface area contributed by atoms with Gasteiger partial charge in [-0.1, -0.05) is 61.2 Å². The van der Waals surface area contributed by atoms with Gasteiger partial charge in [0.2, 0.25) is 0 Å². The van der Waals surface area contributed by atoms with Crippen LogP contribution in [0.3, 0.4) is 0 Å². The lowest BCUT2D eigenvalue weighted by Gasteiger charge is -2.11. The Hall–Kier alpha value is -2.46. The van der Waals surface area contributed by atoms with Crippen LogP contribution in [0.15, 0.2) is 73.3 Å². The van der Waals surface area contributed by atoms with Gasteiger partial charge in [0, 0.05) is 5.56 Å². The standard InChI is InChI=1S/C19H15FO2S/c1-14(18-8-4-6-16-5-2-3-7-19(16)18)23(21,22)13-15-9-11-17(20)12-10-15/h2-12H,1,13H2. The summed E-state index contributed by atoms with van der Waals surface area (Å²) in [5.74, 6) is -0.589. The first-order valence-electron chi connectivity index (χ1n) is 7.11. The van der Waals surface area contributed by atoms with E-state index in [9.17, 15) is 12.8 Å². The molecule has 0 saturated carbocycles. The molecule has 3 aromatic rings. The molecule has 0 aromatic heterocycles. The Morgan fingerprint density at radius 1 is 0.913 bits per heavy atom. The number of halogens is 1. The average Bonchev–Trinajstić information content (AvgIpc) is 2.55. The second-order valence-electron chi connectivity index (χ2n) is 5.34. The number of benzene rings is 3. The zero-order chi connectivity index (χ0) is 16.4. The fourth-order valence-corrected chi connectivity index (χ4v) is 3.84. The molecule has 0 amide bonds. The quantitative estimate of drug-likeness (QED) is 0.704. The molecule has 0 fully saturated rings. The van der Waals surface area contributed by atoms with E-state index in [1.54, 1.807) is 6.07 Å². The summed E-state index contributed by atoms with van der Waals surface area (Å²) in [5, 5.41) is 1.81. The van der Waals surface area contributed by atoms with Crippen molar-refractivity contribution in [2.75, 3.05) is 0 Å². The van der Waals surface area contributed by atoms with E-state index in [0.717, 1.165) is 10.8 Å². The molecule has 0 bridgehead atoms. The summed E-state index contributed by atoms with van der Waals surface area (Å²) in [6.45, 7) is 3.80. The lowest BCUT2D eigenvalue weighted by Crippen LogP contribution is -2.06. The zero-order valence-corrected chi connectivity index (χ0v) is 13.2. The van der Waals surface area contributed by atoms with Crippen molar-refractivity contribution in [3.8, 4) is 0 Å². The lowest BCUT2D eigenvalue weighted by atomic mass is 10.0. The second kappa shape index (κ2) is 5.97. The maximum atomic E-state index is 13.0. The van der Waals surface area contributed by atoms with E-state index in [2.05, 4.69) is 6.58 Å². The Balaban J connectivity index is 1.99. The molecule has 0 saturated heterocycles. The number of rotatable bonds is 4. The molecule has 116 valence electrons. The van der Waals surface area contributed by atoms with E-state index in [-0.39, 0.29) is 16.5 Å². The van der Waals surface area contributed by atoms with Crippen LogP contribution < -0.4 is 0 Å². The summed E-state index contributed by atoms with van der Waals surface area (Å²) in [6.07, 6.45) is 0. The molecule has 0 radical (unpaired) electrons. The third-order valence-corrected chi connectivity index (χ3v) is 5.42. The van der Waals surface area contributed by atoms with E-state index in [0.29, 0.717) is 11.1 Å². The first-order chi connectivity index (χ1) is 11.0. The van der Waals surface area contributed by atoms with Crippen molar-refractivity contribution >= 4 is 25.5 Å². The largest absolute Gasteiger partial charge is 0.223 e. The molecular formula is C19H15FO2S. The molecule has 3 rings (SSSR count). The van der Waals surface area contributed by atoms with Gasteiger partial charge >= 0.3 is 0 Å². The van der Waals surface area contributed by atoms with Crippen LogP contribution in [-0.2, 0) is 15.6 Å². The topological polar surface area (TPSA) is 34.1 Å². The molecule has 0 atom stereocenters. The van der Waals surface area contributed by atoms with Crippen molar-refractivity contribution < 1.29 is 12.8 Å². The van der Waals surface area contributed by atoms with E-state index >= 15 is 0 Å². The summed E-state index contributed by atoms with van der Waals surface area (Å²) in [7, 11) is -3.59. The molecule has 0 aliphatic rings. The zero-order valence-electron chi connectivity index (χ0n) is 12.4. The highest BCUT2D eigenvalue weighted by Gasteiger charge is 2.20. The van der Waals surface area contributed by atoms with Gasteiger partial charge < -0.3 is 0 Å². The molecule has 0 N–H and O–H groups in total. The van der Waals surface area contributed by atoms with Crippen molar-refractivity contribution in [2.24, 2.45) is 0 Å². The summed E-state index contributed by atoms with van der Waals surface area (Å²) in [6, 6.07) is 18.5. The normalized spacial score (nSPS) is 11.5. The molecular weight excluding hydrogens is 311 g/mol. The Bertz CT molecular complexity index is 968. The van der Waals surface area contributed by atoms with E-state index in [1.807, 2.05) is 36.4 Å². The number of hydrogen-bond acceptors (Lipinski definition) is 2. The van der Waals surface area contributed by atoms with Gasteiger partial charge in [-0.15, -0.1) is 0 Å². The Morgan fingerprint density at radius 2 is 1.57 bits per heavy atom. The van der Waals surface area contributed by atoms with Gasteiger partial charge in [0.1, 0.15) is 5.82 Å². The molecule has 0 unspecified atom stereocenters. The summed E-state index contributed by atoms with van der Waals surface area (Å²) in [4.78, 5) is 0.0821. The third-order valence-electron chi connectivity index (χ3n) is 3.74. The lowest BCUT2D eigenvalue weighted by molar-refractivity contribution is 0.604. The fourth-order valence-electron chi connectivity index (χ4n) is 2.52. The average molecular weight is 326 g/mol. The highest BCUT2D eigenvalue weighted by atomic mass is 32.2. The van der Waals surface area contributed by atoms with Crippen molar-refractivity contribution in [1.29, 1.82) is 0 Å². The van der Waals surface area contributed by atoms with Gasteiger partial charge in [-0.25, -0.2) is 12.8 Å². The number of hydrogen-bond donors (Lipinski definition) is 0. The third kappa shape index (κ3) is 3.17. The van der Waals surface area contributed by atoms with Gasteiger partial charge in [0.25, 0.3) is 0 Å².